The summed E-state index contributed by atoms with van der Waals surface area (Å²) in [4.78, 5) is 4.52. The number of ether oxygens (including phenoxy) is 1. The van der Waals surface area contributed by atoms with E-state index in [0.717, 1.165) is 35.0 Å². The molecule has 0 radical (unpaired) electrons. The number of rotatable bonds is 6. The van der Waals surface area contributed by atoms with Gasteiger partial charge in [0.15, 0.2) is 0 Å². The lowest BCUT2D eigenvalue weighted by molar-refractivity contribution is 0.141. The van der Waals surface area contributed by atoms with Crippen LogP contribution in [0.1, 0.15) is 22.7 Å². The van der Waals surface area contributed by atoms with Crippen molar-refractivity contribution < 1.29 is 4.74 Å². The first-order chi connectivity index (χ1) is 11.5. The van der Waals surface area contributed by atoms with Gasteiger partial charge in [0.2, 0.25) is 0 Å². The molecule has 24 heavy (non-hydrogen) atoms. The Labute approximate surface area is 143 Å². The lowest BCUT2D eigenvalue weighted by Gasteiger charge is -2.17. The topological polar surface area (TPSA) is 74.6 Å². The third-order valence-corrected chi connectivity index (χ3v) is 5.90. The van der Waals surface area contributed by atoms with Crippen LogP contribution < -0.4 is 0 Å². The number of aromatic amines is 1. The molecule has 1 aliphatic rings. The Balaban J connectivity index is 1.79. The fraction of sp³-hybridized carbons (Fsp3) is 0.389. The van der Waals surface area contributed by atoms with Gasteiger partial charge in [-0.2, -0.15) is 10.4 Å². The molecule has 0 fully saturated rings. The van der Waals surface area contributed by atoms with Crippen LogP contribution in [0.2, 0.25) is 25.7 Å². The number of H-pyrrole nitrogens is 1. The van der Waals surface area contributed by atoms with Crippen molar-refractivity contribution in [3.05, 3.63) is 41.5 Å². The molecule has 2 heterocycles. The minimum atomic E-state index is -1.07. The zero-order valence-corrected chi connectivity index (χ0v) is 15.3. The van der Waals surface area contributed by atoms with Crippen LogP contribution in [0.4, 0.5) is 0 Å². The van der Waals surface area contributed by atoms with Crippen LogP contribution in [0.15, 0.2) is 24.7 Å². The van der Waals surface area contributed by atoms with Crippen molar-refractivity contribution in [3.8, 4) is 17.2 Å². The van der Waals surface area contributed by atoms with Gasteiger partial charge in [0.25, 0.3) is 0 Å². The minimum absolute atomic E-state index is 0.153. The van der Waals surface area contributed by atoms with E-state index in [4.69, 9.17) is 4.74 Å². The van der Waals surface area contributed by atoms with E-state index in [-0.39, 0.29) is 5.92 Å². The first-order valence-electron chi connectivity index (χ1n) is 8.18. The number of nitriles is 1. The summed E-state index contributed by atoms with van der Waals surface area (Å²) in [5.41, 5.74) is 4.37. The molecule has 0 bridgehead atoms. The average molecular weight is 338 g/mol. The number of hydrogen-bond donors (Lipinski definition) is 1. The van der Waals surface area contributed by atoms with Crippen LogP contribution in [0.3, 0.4) is 0 Å². The van der Waals surface area contributed by atoms with Gasteiger partial charge >= 0.3 is 0 Å². The van der Waals surface area contributed by atoms with E-state index in [9.17, 15) is 5.26 Å². The highest BCUT2D eigenvalue weighted by atomic mass is 28.3. The van der Waals surface area contributed by atoms with Crippen molar-refractivity contribution in [2.24, 2.45) is 0 Å². The van der Waals surface area contributed by atoms with Gasteiger partial charge in [-0.1, -0.05) is 31.8 Å². The molecule has 0 spiro atoms. The molecule has 0 aromatic carbocycles. The quantitative estimate of drug-likeness (QED) is 0.642. The summed E-state index contributed by atoms with van der Waals surface area (Å²) in [5.74, 6) is 0.153. The van der Waals surface area contributed by atoms with E-state index in [1.54, 1.807) is 12.4 Å². The molecular formula is C18H22N4OSi. The zero-order valence-electron chi connectivity index (χ0n) is 14.3. The largest absolute Gasteiger partial charge is 0.381 e. The predicted octanol–water partition coefficient (Wildman–Crippen LogP) is 3.81. The number of aromatic nitrogens is 3. The molecule has 0 aliphatic heterocycles. The molecule has 6 heteroatoms. The Hall–Kier alpha value is -2.23. The van der Waals surface area contributed by atoms with Crippen LogP contribution in [0.25, 0.3) is 17.2 Å². The normalized spacial score (nSPS) is 16.2. The summed E-state index contributed by atoms with van der Waals surface area (Å²) in [6, 6.07) is 3.40. The highest BCUT2D eigenvalue weighted by molar-refractivity contribution is 6.76. The molecule has 0 amide bonds. The SMILES string of the molecule is C[Si](C)(C)CCOCC1C=Cc2c1ncc(C#N)c2-c1cn[nH]c1. The maximum Gasteiger partial charge on any atom is 0.101 e. The second-order valence-electron chi connectivity index (χ2n) is 7.30. The van der Waals surface area contributed by atoms with Crippen molar-refractivity contribution >= 4 is 14.1 Å². The van der Waals surface area contributed by atoms with Crippen LogP contribution in [0, 0.1) is 11.3 Å². The van der Waals surface area contributed by atoms with E-state index >= 15 is 0 Å². The van der Waals surface area contributed by atoms with E-state index in [1.807, 2.05) is 6.20 Å². The molecule has 0 saturated heterocycles. The molecule has 1 atom stereocenters. The molecule has 1 aliphatic carbocycles. The third kappa shape index (κ3) is 3.47. The Morgan fingerprint density at radius 3 is 2.83 bits per heavy atom. The van der Waals surface area contributed by atoms with Crippen molar-refractivity contribution in [1.82, 2.24) is 15.2 Å². The number of nitrogens with one attached hydrogen (secondary N) is 1. The van der Waals surface area contributed by atoms with Gasteiger partial charge in [-0.3, -0.25) is 10.1 Å². The lowest BCUT2D eigenvalue weighted by Crippen LogP contribution is -2.22. The van der Waals surface area contributed by atoms with Gasteiger partial charge in [0.05, 0.1) is 24.1 Å². The van der Waals surface area contributed by atoms with Gasteiger partial charge in [-0.05, 0) is 6.04 Å². The first kappa shape index (κ1) is 16.6. The van der Waals surface area contributed by atoms with E-state index in [1.165, 1.54) is 0 Å². The predicted molar refractivity (Wildman–Crippen MR) is 97.3 cm³/mol. The van der Waals surface area contributed by atoms with Crippen molar-refractivity contribution in [2.75, 3.05) is 13.2 Å². The van der Waals surface area contributed by atoms with Gasteiger partial charge in [-0.15, -0.1) is 0 Å². The molecule has 1 unspecified atom stereocenters. The molecule has 3 rings (SSSR count). The Morgan fingerprint density at radius 1 is 1.33 bits per heavy atom. The smallest absolute Gasteiger partial charge is 0.101 e. The van der Waals surface area contributed by atoms with E-state index in [2.05, 4.69) is 53.0 Å². The molecule has 5 nitrogen and oxygen atoms in total. The van der Waals surface area contributed by atoms with Crippen molar-refractivity contribution in [2.45, 2.75) is 31.6 Å². The molecule has 0 saturated carbocycles. The second kappa shape index (κ2) is 6.71. The van der Waals surface area contributed by atoms with Crippen LogP contribution in [0.5, 0.6) is 0 Å². The summed E-state index contributed by atoms with van der Waals surface area (Å²) >= 11 is 0. The molecule has 1 N–H and O–H groups in total. The van der Waals surface area contributed by atoms with Gasteiger partial charge in [-0.25, -0.2) is 0 Å². The zero-order chi connectivity index (χ0) is 17.2. The molecule has 2 aromatic heterocycles. The molecule has 2 aromatic rings. The summed E-state index contributed by atoms with van der Waals surface area (Å²) in [6.07, 6.45) is 9.38. The number of hydrogen-bond acceptors (Lipinski definition) is 4. The van der Waals surface area contributed by atoms with Gasteiger partial charge in [0, 0.05) is 49.7 Å². The average Bonchev–Trinajstić information content (AvgIpc) is 3.19. The standard InChI is InChI=1S/C18H22N4OSi/c1-24(2,3)7-6-23-12-13-4-5-16-17(15-10-21-22-11-15)14(8-19)9-20-18(13)16/h4-5,9-11,13H,6-7,12H2,1-3H3,(H,21,22). The number of fused-ring (bicyclic) bond motifs is 1. The van der Waals surface area contributed by atoms with Crippen LogP contribution >= 0.6 is 0 Å². The molecule has 124 valence electrons. The minimum Gasteiger partial charge on any atom is -0.381 e. The van der Waals surface area contributed by atoms with E-state index < -0.39 is 8.07 Å². The summed E-state index contributed by atoms with van der Waals surface area (Å²) in [5, 5.41) is 16.2. The fourth-order valence-corrected chi connectivity index (χ4v) is 3.57. The highest BCUT2D eigenvalue weighted by Gasteiger charge is 2.25. The van der Waals surface area contributed by atoms with E-state index in [0.29, 0.717) is 12.2 Å². The summed E-state index contributed by atoms with van der Waals surface area (Å²) < 4.78 is 5.90. The van der Waals surface area contributed by atoms with Crippen molar-refractivity contribution in [3.63, 3.8) is 0 Å². The fourth-order valence-electron chi connectivity index (χ4n) is 2.82. The third-order valence-electron chi connectivity index (χ3n) is 4.19. The number of nitrogens with zero attached hydrogens (tertiary/aromatic N) is 3. The Bertz CT molecular complexity index is 785. The maximum atomic E-state index is 9.40. The molecular weight excluding hydrogens is 316 g/mol. The monoisotopic (exact) mass is 338 g/mol. The second-order valence-corrected chi connectivity index (χ2v) is 12.9. The maximum absolute atomic E-state index is 9.40. The first-order valence-corrected chi connectivity index (χ1v) is 11.9. The lowest BCUT2D eigenvalue weighted by atomic mass is 9.97. The van der Waals surface area contributed by atoms with Gasteiger partial charge < -0.3 is 4.74 Å². The summed E-state index contributed by atoms with van der Waals surface area (Å²) in [6.45, 7) is 8.49. The van der Waals surface area contributed by atoms with Crippen molar-refractivity contribution in [1.29, 1.82) is 5.26 Å². The number of pyridine rings is 1. The van der Waals surface area contributed by atoms with Crippen LogP contribution in [-0.2, 0) is 4.74 Å². The van der Waals surface area contributed by atoms with Crippen LogP contribution in [-0.4, -0.2) is 36.5 Å². The highest BCUT2D eigenvalue weighted by Crippen LogP contribution is 2.37. The van der Waals surface area contributed by atoms with Gasteiger partial charge in [0.1, 0.15) is 6.07 Å². The Morgan fingerprint density at radius 2 is 2.17 bits per heavy atom. The summed E-state index contributed by atoms with van der Waals surface area (Å²) in [7, 11) is -1.07. The Kier molecular flexibility index (Phi) is 4.65.